The Kier molecular flexibility index (Phi) is 4.69. The zero-order valence-electron chi connectivity index (χ0n) is 6.30. The number of hydrogen-bond donors (Lipinski definition) is 1. The van der Waals surface area contributed by atoms with E-state index in [0.717, 1.165) is 12.3 Å². The Morgan fingerprint density at radius 3 is 2.20 bits per heavy atom. The zero-order chi connectivity index (χ0) is 6.85. The molecule has 3 unspecified atom stereocenters. The van der Waals surface area contributed by atoms with Crippen LogP contribution in [0.4, 0.5) is 0 Å². The first-order valence-corrected chi connectivity index (χ1v) is 3.88. The third-order valence-electron chi connectivity index (χ3n) is 2.42. The van der Waals surface area contributed by atoms with Gasteiger partial charge in [-0.2, -0.15) is 0 Å². The van der Waals surface area contributed by atoms with Gasteiger partial charge >= 0.3 is 18.9 Å². The average Bonchev–Trinajstić information content (AvgIpc) is 1.80. The molecule has 0 aliphatic heterocycles. The Labute approximate surface area is 75.4 Å². The molecule has 0 amide bonds. The van der Waals surface area contributed by atoms with Crippen LogP contribution in [0.2, 0.25) is 0 Å². The fraction of sp³-hybridized carbons (Fsp3) is 1.00. The first-order valence-electron chi connectivity index (χ1n) is 3.88. The van der Waals surface area contributed by atoms with Gasteiger partial charge in [0.25, 0.3) is 0 Å². The molecule has 1 aliphatic carbocycles. The van der Waals surface area contributed by atoms with Crippen molar-refractivity contribution in [3.63, 3.8) is 0 Å². The van der Waals surface area contributed by atoms with Crippen LogP contribution >= 0.6 is 0 Å². The molecule has 1 saturated carbocycles. The van der Waals surface area contributed by atoms with E-state index >= 15 is 0 Å². The van der Waals surface area contributed by atoms with E-state index in [1.54, 1.807) is 0 Å². The molecule has 0 aromatic carbocycles. The molecule has 1 aliphatic rings. The summed E-state index contributed by atoms with van der Waals surface area (Å²) < 4.78 is 0. The first-order chi connectivity index (χ1) is 4.20. The summed E-state index contributed by atoms with van der Waals surface area (Å²) in [6, 6.07) is 0. The van der Waals surface area contributed by atoms with Gasteiger partial charge in [-0.1, -0.05) is 20.3 Å². The van der Waals surface area contributed by atoms with E-state index in [0.29, 0.717) is 5.92 Å². The van der Waals surface area contributed by atoms with Crippen molar-refractivity contribution in [1.82, 2.24) is 0 Å². The topological polar surface area (TPSA) is 20.2 Å². The van der Waals surface area contributed by atoms with Gasteiger partial charge < -0.3 is 5.11 Å². The van der Waals surface area contributed by atoms with Gasteiger partial charge in [0.15, 0.2) is 0 Å². The van der Waals surface area contributed by atoms with E-state index in [1.807, 2.05) is 0 Å². The molecule has 0 aromatic heterocycles. The summed E-state index contributed by atoms with van der Waals surface area (Å²) in [5.74, 6) is 1.29. The van der Waals surface area contributed by atoms with Gasteiger partial charge in [-0.25, -0.2) is 0 Å². The molecule has 1 N–H and O–H groups in total. The second-order valence-corrected chi connectivity index (χ2v) is 3.46. The first kappa shape index (κ1) is 10.6. The third kappa shape index (κ3) is 2.66. The molecule has 1 rings (SSSR count). The Balaban J connectivity index is 0.000000810. The van der Waals surface area contributed by atoms with Gasteiger partial charge in [-0.05, 0) is 24.7 Å². The molecule has 2 heteroatoms. The Morgan fingerprint density at radius 1 is 1.20 bits per heavy atom. The van der Waals surface area contributed by atoms with Crippen molar-refractivity contribution in [2.24, 2.45) is 11.8 Å². The van der Waals surface area contributed by atoms with E-state index in [2.05, 4.69) is 13.8 Å². The van der Waals surface area contributed by atoms with Gasteiger partial charge in [0.05, 0.1) is 6.10 Å². The van der Waals surface area contributed by atoms with Gasteiger partial charge in [0.1, 0.15) is 0 Å². The van der Waals surface area contributed by atoms with E-state index in [1.165, 1.54) is 12.8 Å². The van der Waals surface area contributed by atoms with Crippen molar-refractivity contribution in [2.45, 2.75) is 39.2 Å². The normalized spacial score (nSPS) is 40.5. The van der Waals surface area contributed by atoms with E-state index in [4.69, 9.17) is 0 Å². The predicted octanol–water partition coefficient (Wildman–Crippen LogP) is 1.15. The third-order valence-corrected chi connectivity index (χ3v) is 2.42. The minimum atomic E-state index is -0.0197. The molecule has 0 radical (unpaired) electrons. The molecular formula is C8H17LiO. The van der Waals surface area contributed by atoms with E-state index < -0.39 is 0 Å². The van der Waals surface area contributed by atoms with E-state index in [9.17, 15) is 5.11 Å². The van der Waals surface area contributed by atoms with Gasteiger partial charge in [-0.3, -0.25) is 0 Å². The Bertz CT molecular complexity index is 95.3. The van der Waals surface area contributed by atoms with Crippen LogP contribution in [0.15, 0.2) is 0 Å². The fourth-order valence-corrected chi connectivity index (χ4v) is 1.50. The summed E-state index contributed by atoms with van der Waals surface area (Å²) in [4.78, 5) is 0. The summed E-state index contributed by atoms with van der Waals surface area (Å²) in [5, 5.41) is 9.35. The van der Waals surface area contributed by atoms with Gasteiger partial charge in [0, 0.05) is 0 Å². The Hall–Kier alpha value is 0.557. The monoisotopic (exact) mass is 136 g/mol. The molecule has 0 saturated heterocycles. The molecule has 0 bridgehead atoms. The number of hydrogen-bond acceptors (Lipinski definition) is 1. The van der Waals surface area contributed by atoms with E-state index in [-0.39, 0.29) is 25.0 Å². The van der Waals surface area contributed by atoms with Crippen molar-refractivity contribution in [3.05, 3.63) is 0 Å². The summed E-state index contributed by atoms with van der Waals surface area (Å²) in [5.41, 5.74) is 0. The van der Waals surface area contributed by atoms with Crippen LogP contribution in [0.3, 0.4) is 0 Å². The maximum atomic E-state index is 9.35. The van der Waals surface area contributed by atoms with Crippen molar-refractivity contribution >= 4 is 18.9 Å². The molecule has 10 heavy (non-hydrogen) atoms. The summed E-state index contributed by atoms with van der Waals surface area (Å²) in [6.07, 6.45) is 3.51. The number of rotatable bonds is 0. The summed E-state index contributed by atoms with van der Waals surface area (Å²) in [7, 11) is 0. The molecule has 0 spiro atoms. The van der Waals surface area contributed by atoms with Crippen LogP contribution in [0.1, 0.15) is 33.1 Å². The predicted molar refractivity (Wildman–Crippen MR) is 45.3 cm³/mol. The molecule has 1 nitrogen and oxygen atoms in total. The van der Waals surface area contributed by atoms with Crippen molar-refractivity contribution < 1.29 is 5.11 Å². The zero-order valence-corrected chi connectivity index (χ0v) is 6.30. The molecule has 1 fully saturated rings. The number of aliphatic hydroxyl groups excluding tert-OH is 1. The average molecular weight is 136 g/mol. The molecular weight excluding hydrogens is 119 g/mol. The van der Waals surface area contributed by atoms with Crippen LogP contribution < -0.4 is 0 Å². The molecule has 0 aromatic rings. The summed E-state index contributed by atoms with van der Waals surface area (Å²) in [6.45, 7) is 4.35. The SMILES string of the molecule is CC1CCC(C)C(O)C1.[LiH]. The van der Waals surface area contributed by atoms with Crippen LogP contribution in [0.5, 0.6) is 0 Å². The van der Waals surface area contributed by atoms with Crippen molar-refractivity contribution in [1.29, 1.82) is 0 Å². The van der Waals surface area contributed by atoms with Gasteiger partial charge in [0.2, 0.25) is 0 Å². The molecule has 3 atom stereocenters. The maximum absolute atomic E-state index is 9.35. The van der Waals surface area contributed by atoms with Crippen LogP contribution in [-0.4, -0.2) is 30.1 Å². The Morgan fingerprint density at radius 2 is 1.80 bits per heavy atom. The van der Waals surface area contributed by atoms with Gasteiger partial charge in [-0.15, -0.1) is 0 Å². The van der Waals surface area contributed by atoms with Crippen molar-refractivity contribution in [2.75, 3.05) is 0 Å². The second kappa shape index (κ2) is 4.44. The molecule has 0 heterocycles. The van der Waals surface area contributed by atoms with Crippen LogP contribution in [-0.2, 0) is 0 Å². The standard InChI is InChI=1S/C8H16O.Li.H/c1-6-3-4-7(2)8(9)5-6;;/h6-9H,3-5H2,1-2H3;;. The number of aliphatic hydroxyl groups is 1. The van der Waals surface area contributed by atoms with Crippen molar-refractivity contribution in [3.8, 4) is 0 Å². The second-order valence-electron chi connectivity index (χ2n) is 3.46. The fourth-order valence-electron chi connectivity index (χ4n) is 1.50. The van der Waals surface area contributed by atoms with Crippen LogP contribution in [0, 0.1) is 11.8 Å². The summed E-state index contributed by atoms with van der Waals surface area (Å²) >= 11 is 0. The minimum absolute atomic E-state index is 0. The molecule has 56 valence electrons. The van der Waals surface area contributed by atoms with Crippen LogP contribution in [0.25, 0.3) is 0 Å². The quantitative estimate of drug-likeness (QED) is 0.495.